The van der Waals surface area contributed by atoms with Crippen molar-refractivity contribution >= 4 is 21.9 Å². The largest absolute Gasteiger partial charge is 0.501 e. The van der Waals surface area contributed by atoms with Crippen molar-refractivity contribution in [2.24, 2.45) is 5.92 Å². The number of benzene rings is 4. The number of pyridine rings is 2. The molecule has 7 aromatic rings. The van der Waals surface area contributed by atoms with Crippen LogP contribution in [0.3, 0.4) is 0 Å². The summed E-state index contributed by atoms with van der Waals surface area (Å²) in [6.07, 6.45) is 1.27. The molecule has 0 aliphatic rings. The van der Waals surface area contributed by atoms with Crippen LogP contribution in [0.5, 0.6) is 0 Å². The van der Waals surface area contributed by atoms with Crippen molar-refractivity contribution in [2.45, 2.75) is 46.3 Å². The van der Waals surface area contributed by atoms with Gasteiger partial charge in [0, 0.05) is 44.7 Å². The van der Waals surface area contributed by atoms with Crippen molar-refractivity contribution in [3.63, 3.8) is 0 Å². The second-order valence-corrected chi connectivity index (χ2v) is 11.8. The van der Waals surface area contributed by atoms with E-state index in [0.29, 0.717) is 11.3 Å². The molecule has 0 saturated heterocycles. The number of nitrogens with zero attached hydrogens (tertiary/aromatic N) is 2. The monoisotopic (exact) mass is 784 g/mol. The molecule has 0 bridgehead atoms. The van der Waals surface area contributed by atoms with E-state index in [1.54, 1.807) is 26.1 Å². The van der Waals surface area contributed by atoms with E-state index in [4.69, 9.17) is 11.3 Å². The Morgan fingerprint density at radius 2 is 1.57 bits per heavy atom. The zero-order chi connectivity index (χ0) is 35.7. The molecule has 4 heteroatoms. The first-order valence-electron chi connectivity index (χ1n) is 17.6. The van der Waals surface area contributed by atoms with E-state index in [1.165, 1.54) is 11.8 Å². The van der Waals surface area contributed by atoms with Gasteiger partial charge in [-0.25, -0.2) is 0 Å². The third kappa shape index (κ3) is 7.04. The van der Waals surface area contributed by atoms with E-state index in [1.807, 2.05) is 84.9 Å². The molecule has 0 amide bonds. The maximum Gasteiger partial charge on any atom is 0.120 e. The molecule has 0 fully saturated rings. The molecule has 1 radical (unpaired) electrons. The topological polar surface area (TPSA) is 38.9 Å². The van der Waals surface area contributed by atoms with Gasteiger partial charge in [-0.05, 0) is 59.2 Å². The molecule has 0 atom stereocenters. The van der Waals surface area contributed by atoms with Crippen LogP contribution in [0.25, 0.3) is 44.5 Å². The summed E-state index contributed by atoms with van der Waals surface area (Å²) in [5.41, 5.74) is 6.87. The van der Waals surface area contributed by atoms with Crippen LogP contribution < -0.4 is 0 Å². The Balaban J connectivity index is 0.000000214. The number of rotatable bonds is 6. The Hall–Kier alpha value is -4.37. The molecule has 0 unspecified atom stereocenters. The minimum absolute atomic E-state index is 0. The van der Waals surface area contributed by atoms with Crippen molar-refractivity contribution in [3.8, 4) is 22.5 Å². The predicted octanol–water partition coefficient (Wildman–Crippen LogP) is 10.8. The first-order valence-corrected chi connectivity index (χ1v) is 15.1. The summed E-state index contributed by atoms with van der Waals surface area (Å²) >= 11 is 0. The van der Waals surface area contributed by atoms with Crippen molar-refractivity contribution in [3.05, 3.63) is 156 Å². The van der Waals surface area contributed by atoms with Gasteiger partial charge in [-0.1, -0.05) is 111 Å². The molecular weight excluding hydrogens is 741 g/mol. The summed E-state index contributed by atoms with van der Waals surface area (Å²) < 4.78 is 46.6. The Labute approximate surface area is 293 Å². The summed E-state index contributed by atoms with van der Waals surface area (Å²) in [7, 11) is 0. The standard InChI is InChI=1S/C25H28N.C17H10NO.Ir/c1-18(2)14-21-16-24(26-17-19(21)3)20-10-9-13-23(15-20)25(4,5)22-11-7-6-8-12-22;1-2-10-16-12(6-1)13-7-5-8-14(17(13)19-16)15-9-3-4-11-18-15;/h6-9,11-13,15-18H,14H2,1-5H3;1-7,9-11H;/q2*-1;/i3D3,14D2;;. The number of hydrogen-bond donors (Lipinski definition) is 0. The average molecular weight is 784 g/mol. The summed E-state index contributed by atoms with van der Waals surface area (Å²) in [6, 6.07) is 41.9. The van der Waals surface area contributed by atoms with Gasteiger partial charge in [0.05, 0.1) is 5.58 Å². The molecular formula is C42H38IrN2O-2. The van der Waals surface area contributed by atoms with E-state index < -0.39 is 19.1 Å². The summed E-state index contributed by atoms with van der Waals surface area (Å²) in [6.45, 7) is 5.35. The molecule has 0 aliphatic carbocycles. The Morgan fingerprint density at radius 1 is 0.804 bits per heavy atom. The molecule has 0 saturated carbocycles. The maximum absolute atomic E-state index is 8.53. The molecule has 0 spiro atoms. The van der Waals surface area contributed by atoms with Gasteiger partial charge in [0.2, 0.25) is 0 Å². The van der Waals surface area contributed by atoms with E-state index in [9.17, 15) is 0 Å². The Kier molecular flexibility index (Phi) is 8.38. The van der Waals surface area contributed by atoms with Crippen LogP contribution in [0.15, 0.2) is 126 Å². The minimum Gasteiger partial charge on any atom is -0.501 e. The SMILES string of the molecule is [2H]C([2H])([2H])c1cnc(-c2[c-]ccc(C(C)(C)c3ccccc3)c2)cc1C([2H])([2H])C(C)C.[Ir].[c-]1ccc2c(oc3ccccc32)c1-c1ccccn1. The number of aryl methyl sites for hydroxylation is 1. The van der Waals surface area contributed by atoms with Crippen LogP contribution >= 0.6 is 0 Å². The van der Waals surface area contributed by atoms with Crippen molar-refractivity contribution < 1.29 is 31.4 Å². The van der Waals surface area contributed by atoms with Crippen LogP contribution in [0.1, 0.15) is 56.8 Å². The number of fused-ring (bicyclic) bond motifs is 3. The number of hydrogen-bond acceptors (Lipinski definition) is 3. The fourth-order valence-corrected chi connectivity index (χ4v) is 5.45. The van der Waals surface area contributed by atoms with Crippen LogP contribution in [0, 0.1) is 24.9 Å². The summed E-state index contributed by atoms with van der Waals surface area (Å²) in [5, 5.41) is 2.23. The molecule has 0 aliphatic heterocycles. The first-order chi connectivity index (χ1) is 23.8. The fourth-order valence-electron chi connectivity index (χ4n) is 5.45. The van der Waals surface area contributed by atoms with Crippen LogP contribution in [-0.2, 0) is 31.9 Å². The fraction of sp³-hybridized carbons (Fsp3) is 0.190. The van der Waals surface area contributed by atoms with E-state index in [2.05, 4.69) is 54.1 Å². The Bertz CT molecular complexity index is 2250. The van der Waals surface area contributed by atoms with Gasteiger partial charge in [-0.2, -0.15) is 0 Å². The normalized spacial score (nSPS) is 13.5. The van der Waals surface area contributed by atoms with E-state index in [-0.39, 0.29) is 36.6 Å². The third-order valence-corrected chi connectivity index (χ3v) is 7.90. The number of furan rings is 1. The molecule has 7 rings (SSSR count). The van der Waals surface area contributed by atoms with Crippen molar-refractivity contribution in [2.75, 3.05) is 0 Å². The van der Waals surface area contributed by atoms with E-state index in [0.717, 1.165) is 38.8 Å². The van der Waals surface area contributed by atoms with Crippen molar-refractivity contribution in [1.82, 2.24) is 9.97 Å². The molecule has 46 heavy (non-hydrogen) atoms. The van der Waals surface area contributed by atoms with Gasteiger partial charge < -0.3 is 14.4 Å². The summed E-state index contributed by atoms with van der Waals surface area (Å²) in [4.78, 5) is 8.76. The molecule has 4 aromatic carbocycles. The molecule has 3 nitrogen and oxygen atoms in total. The molecule has 233 valence electrons. The van der Waals surface area contributed by atoms with E-state index >= 15 is 0 Å². The molecule has 0 N–H and O–H groups in total. The van der Waals surface area contributed by atoms with Crippen molar-refractivity contribution in [1.29, 1.82) is 0 Å². The molecule has 3 heterocycles. The van der Waals surface area contributed by atoms with Crippen LogP contribution in [0.2, 0.25) is 0 Å². The summed E-state index contributed by atoms with van der Waals surface area (Å²) in [5.74, 6) is -0.392. The van der Waals surface area contributed by atoms with Crippen LogP contribution in [-0.4, -0.2) is 9.97 Å². The second-order valence-electron chi connectivity index (χ2n) is 11.8. The third-order valence-electron chi connectivity index (χ3n) is 7.90. The van der Waals surface area contributed by atoms with Gasteiger partial charge in [0.1, 0.15) is 5.58 Å². The van der Waals surface area contributed by atoms with Gasteiger partial charge in [0.15, 0.2) is 0 Å². The smallest absolute Gasteiger partial charge is 0.120 e. The number of aromatic nitrogens is 2. The van der Waals surface area contributed by atoms with Gasteiger partial charge in [-0.3, -0.25) is 0 Å². The predicted molar refractivity (Wildman–Crippen MR) is 186 cm³/mol. The zero-order valence-corrected chi connectivity index (χ0v) is 28.7. The first kappa shape index (κ1) is 26.8. The van der Waals surface area contributed by atoms with Gasteiger partial charge in [-0.15, -0.1) is 53.6 Å². The average Bonchev–Trinajstić information content (AvgIpc) is 3.51. The van der Waals surface area contributed by atoms with Gasteiger partial charge >= 0.3 is 0 Å². The number of para-hydroxylation sites is 1. The minimum atomic E-state index is -2.44. The van der Waals surface area contributed by atoms with Crippen LogP contribution in [0.4, 0.5) is 0 Å². The quantitative estimate of drug-likeness (QED) is 0.158. The Morgan fingerprint density at radius 3 is 2.33 bits per heavy atom. The second kappa shape index (κ2) is 14.4. The molecule has 3 aromatic heterocycles. The maximum atomic E-state index is 8.53. The van der Waals surface area contributed by atoms with Gasteiger partial charge in [0.25, 0.3) is 0 Å². The zero-order valence-electron chi connectivity index (χ0n) is 31.3.